The Labute approximate surface area is 337 Å². The number of fused-ring (bicyclic) bond motifs is 5. The normalized spacial score (nSPS) is 19.9. The van der Waals surface area contributed by atoms with Crippen molar-refractivity contribution in [3.63, 3.8) is 0 Å². The number of aromatic amines is 2. The number of imidazole rings is 2. The van der Waals surface area contributed by atoms with Gasteiger partial charge < -0.3 is 34.8 Å². The van der Waals surface area contributed by atoms with Crippen LogP contribution in [-0.2, 0) is 20.7 Å². The average Bonchev–Trinajstić information content (AvgIpc) is 4.07. The molecule has 2 fully saturated rings. The molecule has 0 aliphatic carbocycles. The van der Waals surface area contributed by atoms with E-state index in [0.29, 0.717) is 24.4 Å². The van der Waals surface area contributed by atoms with Gasteiger partial charge in [-0.1, -0.05) is 39.0 Å². The number of carbonyl (C=O) groups excluding carboxylic acids is 2. The molecule has 58 heavy (non-hydrogen) atoms. The Morgan fingerprint density at radius 2 is 1.76 bits per heavy atom. The lowest BCUT2D eigenvalue weighted by Crippen LogP contribution is -2.50. The number of aliphatic hydroxyl groups excluding tert-OH is 1. The van der Waals surface area contributed by atoms with E-state index in [4.69, 9.17) is 14.7 Å². The summed E-state index contributed by atoms with van der Waals surface area (Å²) in [6, 6.07) is 15.3. The minimum absolute atomic E-state index is 0.0977. The predicted octanol–water partition coefficient (Wildman–Crippen LogP) is 5.54. The molecule has 2 aromatic carbocycles. The van der Waals surface area contributed by atoms with E-state index in [1.54, 1.807) is 4.90 Å². The minimum Gasteiger partial charge on any atom is -0.453 e. The zero-order valence-electron chi connectivity index (χ0n) is 34.1. The number of hydrogen-bond donors (Lipinski definition) is 5. The van der Waals surface area contributed by atoms with Crippen LogP contribution < -0.4 is 10.6 Å². The van der Waals surface area contributed by atoms with Gasteiger partial charge in [0, 0.05) is 60.6 Å². The fraction of sp³-hybridized carbons (Fsp3) is 0.465. The van der Waals surface area contributed by atoms with Crippen molar-refractivity contribution in [1.82, 2.24) is 49.8 Å². The number of rotatable bonds is 13. The summed E-state index contributed by atoms with van der Waals surface area (Å²) in [5, 5.41) is 18.0. The van der Waals surface area contributed by atoms with Crippen molar-refractivity contribution >= 4 is 39.3 Å². The van der Waals surface area contributed by atoms with E-state index < -0.39 is 12.5 Å². The number of methoxy groups -OCH3 is 2. The van der Waals surface area contributed by atoms with Crippen LogP contribution >= 0.6 is 0 Å². The molecule has 2 aliphatic rings. The van der Waals surface area contributed by atoms with Gasteiger partial charge in [-0.05, 0) is 68.8 Å². The van der Waals surface area contributed by atoms with Crippen LogP contribution in [0.15, 0.2) is 54.9 Å². The second kappa shape index (κ2) is 16.5. The van der Waals surface area contributed by atoms with Gasteiger partial charge in [-0.15, -0.1) is 0 Å². The second-order valence-electron chi connectivity index (χ2n) is 16.2. The SMILES string of the molecule is COC(=O)NCC(=O)N1CCCC1c1ncc(-c2ccc3c(c2)nc(C)n2c4ccc(-c5cnc(CC6C(C)CCN6CC(NC(O)OC)C(C)C)[nH]5)cc4cc32)[nH]1. The molecule has 0 spiro atoms. The third kappa shape index (κ3) is 7.78. The maximum atomic E-state index is 12.9. The van der Waals surface area contributed by atoms with Gasteiger partial charge in [0.1, 0.15) is 24.0 Å². The first kappa shape index (κ1) is 39.5. The minimum atomic E-state index is -0.982. The molecule has 2 saturated heterocycles. The molecular weight excluding hydrogens is 737 g/mol. The van der Waals surface area contributed by atoms with Crippen LogP contribution in [0.5, 0.6) is 0 Å². The van der Waals surface area contributed by atoms with Crippen molar-refractivity contribution in [1.29, 1.82) is 0 Å². The van der Waals surface area contributed by atoms with Gasteiger partial charge in [-0.25, -0.2) is 19.7 Å². The second-order valence-corrected chi connectivity index (χ2v) is 16.2. The van der Waals surface area contributed by atoms with Gasteiger partial charge in [0.25, 0.3) is 0 Å². The number of benzene rings is 2. The Hall–Kier alpha value is -5.35. The molecule has 306 valence electrons. The van der Waals surface area contributed by atoms with Gasteiger partial charge in [-0.2, -0.15) is 0 Å². The van der Waals surface area contributed by atoms with E-state index in [0.717, 1.165) is 106 Å². The van der Waals surface area contributed by atoms with E-state index >= 15 is 0 Å². The van der Waals surface area contributed by atoms with Gasteiger partial charge in [0.05, 0.1) is 53.5 Å². The van der Waals surface area contributed by atoms with Gasteiger partial charge >= 0.3 is 6.09 Å². The van der Waals surface area contributed by atoms with Crippen LogP contribution in [0.25, 0.3) is 49.8 Å². The van der Waals surface area contributed by atoms with E-state index in [2.05, 4.69) is 103 Å². The highest BCUT2D eigenvalue weighted by atomic mass is 16.6. The summed E-state index contributed by atoms with van der Waals surface area (Å²) in [6.45, 7) is 11.0. The summed E-state index contributed by atoms with van der Waals surface area (Å²) >= 11 is 0. The first-order valence-electron chi connectivity index (χ1n) is 20.3. The average molecular weight is 791 g/mol. The first-order chi connectivity index (χ1) is 28.0. The molecular formula is C43H54N10O5. The summed E-state index contributed by atoms with van der Waals surface area (Å²) in [5.74, 6) is 3.28. The summed E-state index contributed by atoms with van der Waals surface area (Å²) in [5.41, 5.74) is 6.92. The van der Waals surface area contributed by atoms with Gasteiger partial charge in [0.15, 0.2) is 0 Å². The Kier molecular flexibility index (Phi) is 11.2. The maximum Gasteiger partial charge on any atom is 0.407 e. The Bertz CT molecular complexity index is 2440. The molecule has 15 nitrogen and oxygen atoms in total. The molecule has 2 amide bonds. The predicted molar refractivity (Wildman–Crippen MR) is 222 cm³/mol. The van der Waals surface area contributed by atoms with Crippen LogP contribution in [0, 0.1) is 18.8 Å². The summed E-state index contributed by atoms with van der Waals surface area (Å²) in [4.78, 5) is 50.4. The fourth-order valence-electron chi connectivity index (χ4n) is 8.90. The summed E-state index contributed by atoms with van der Waals surface area (Å²) < 4.78 is 11.9. The van der Waals surface area contributed by atoms with E-state index in [9.17, 15) is 14.7 Å². The van der Waals surface area contributed by atoms with Gasteiger partial charge in [0.2, 0.25) is 12.3 Å². The Morgan fingerprint density at radius 1 is 0.983 bits per heavy atom. The van der Waals surface area contributed by atoms with Crippen LogP contribution in [0.4, 0.5) is 4.79 Å². The maximum absolute atomic E-state index is 12.9. The van der Waals surface area contributed by atoms with Crippen molar-refractivity contribution in [2.45, 2.75) is 77.9 Å². The van der Waals surface area contributed by atoms with Crippen LogP contribution in [0.1, 0.15) is 63.5 Å². The number of aryl methyl sites for hydroxylation is 1. The van der Waals surface area contributed by atoms with E-state index in [1.807, 2.05) is 19.3 Å². The molecule has 6 aromatic rings. The molecule has 4 aromatic heterocycles. The highest BCUT2D eigenvalue weighted by Crippen LogP contribution is 2.35. The molecule has 8 rings (SSSR count). The molecule has 0 radical (unpaired) electrons. The standard InChI is InChI=1S/C43H54N10O5/c1-24(2)34(50-43(56)58-6)23-51-15-13-25(3)37(51)19-39-44-20-32(48-39)27-10-12-35-29(16-27)18-38-30-11-9-28(17-31(30)47-26(4)53(35)38)33-21-45-41(49-33)36-8-7-14-52(36)40(54)22-46-42(55)57-5/h9-12,16-18,20-21,24-25,34,36-37,43,50,56H,7-8,13-15,19,22-23H2,1-6H3,(H,44,48)(H,45,49)(H,46,55). The van der Waals surface area contributed by atoms with Crippen molar-refractivity contribution in [3.8, 4) is 22.5 Å². The zero-order valence-corrected chi connectivity index (χ0v) is 34.1. The van der Waals surface area contributed by atoms with Crippen molar-refractivity contribution in [2.24, 2.45) is 11.8 Å². The molecule has 6 heterocycles. The lowest BCUT2D eigenvalue weighted by Gasteiger charge is -2.33. The number of nitrogens with zero attached hydrogens (tertiary/aromatic N) is 6. The third-order valence-electron chi connectivity index (χ3n) is 12.2. The number of nitrogens with one attached hydrogen (secondary N) is 4. The molecule has 5 N–H and O–H groups in total. The number of hydrogen-bond acceptors (Lipinski definition) is 10. The largest absolute Gasteiger partial charge is 0.453 e. The Balaban J connectivity index is 1.00. The topological polar surface area (TPSA) is 178 Å². The highest BCUT2D eigenvalue weighted by molar-refractivity contribution is 6.02. The lowest BCUT2D eigenvalue weighted by atomic mass is 9.98. The number of amides is 2. The summed E-state index contributed by atoms with van der Waals surface area (Å²) in [7, 11) is 2.78. The van der Waals surface area contributed by atoms with Gasteiger partial charge in [-0.3, -0.25) is 19.4 Å². The number of alkyl carbamates (subject to hydrolysis) is 1. The smallest absolute Gasteiger partial charge is 0.407 e. The molecule has 15 heteroatoms. The molecule has 5 unspecified atom stereocenters. The Morgan fingerprint density at radius 3 is 2.55 bits per heavy atom. The fourth-order valence-corrected chi connectivity index (χ4v) is 8.90. The van der Waals surface area contributed by atoms with E-state index in [-0.39, 0.29) is 24.5 Å². The van der Waals surface area contributed by atoms with Crippen molar-refractivity contribution in [3.05, 3.63) is 72.3 Å². The third-order valence-corrected chi connectivity index (χ3v) is 12.2. The lowest BCUT2D eigenvalue weighted by molar-refractivity contribution is -0.131. The molecule has 0 saturated carbocycles. The highest BCUT2D eigenvalue weighted by Gasteiger charge is 2.35. The molecule has 2 aliphatic heterocycles. The number of aliphatic hydroxyl groups is 1. The number of aromatic nitrogens is 6. The van der Waals surface area contributed by atoms with Crippen molar-refractivity contribution in [2.75, 3.05) is 40.4 Å². The number of H-pyrrole nitrogens is 2. The number of likely N-dealkylation sites (tertiary alicyclic amines) is 2. The first-order valence-corrected chi connectivity index (χ1v) is 20.3. The molecule has 5 atom stereocenters. The zero-order chi connectivity index (χ0) is 40.7. The summed E-state index contributed by atoms with van der Waals surface area (Å²) in [6.07, 6.45) is 5.74. The number of ether oxygens (including phenoxy) is 2. The molecule has 0 bridgehead atoms. The monoisotopic (exact) mass is 790 g/mol. The van der Waals surface area contributed by atoms with Crippen molar-refractivity contribution < 1.29 is 24.2 Å². The van der Waals surface area contributed by atoms with Crippen LogP contribution in [0.2, 0.25) is 0 Å². The van der Waals surface area contributed by atoms with Crippen LogP contribution in [0.3, 0.4) is 0 Å². The van der Waals surface area contributed by atoms with E-state index in [1.165, 1.54) is 14.2 Å². The number of carbonyl (C=O) groups is 2. The quantitative estimate of drug-likeness (QED) is 0.0934. The van der Waals surface area contributed by atoms with Crippen LogP contribution in [-0.4, -0.2) is 115 Å².